The second-order valence-corrected chi connectivity index (χ2v) is 6.38. The molecule has 2 heterocycles. The molecule has 22 heavy (non-hydrogen) atoms. The average Bonchev–Trinajstić information content (AvgIpc) is 2.59. The van der Waals surface area contributed by atoms with E-state index in [2.05, 4.69) is 4.90 Å². The zero-order valence-corrected chi connectivity index (χ0v) is 13.1. The van der Waals surface area contributed by atoms with Crippen molar-refractivity contribution in [1.82, 2.24) is 4.90 Å². The molecule has 1 aromatic carbocycles. The van der Waals surface area contributed by atoms with E-state index in [1.807, 2.05) is 36.4 Å². The molecule has 0 saturated carbocycles. The van der Waals surface area contributed by atoms with Crippen LogP contribution >= 0.6 is 0 Å². The number of benzene rings is 1. The van der Waals surface area contributed by atoms with Gasteiger partial charge in [-0.2, -0.15) is 0 Å². The van der Waals surface area contributed by atoms with Crippen molar-refractivity contribution in [3.8, 4) is 0 Å². The van der Waals surface area contributed by atoms with E-state index in [1.165, 1.54) is 51.3 Å². The quantitative estimate of drug-likeness (QED) is 0.629. The lowest BCUT2D eigenvalue weighted by Gasteiger charge is -2.44. The highest BCUT2D eigenvalue weighted by Gasteiger charge is 2.33. The number of nitrogens with zero attached hydrogens (tertiary/aromatic N) is 1. The molecule has 2 aliphatic rings. The zero-order chi connectivity index (χ0) is 15.2. The number of rotatable bonds is 4. The first-order chi connectivity index (χ1) is 10.8. The van der Waals surface area contributed by atoms with Gasteiger partial charge in [0, 0.05) is 18.0 Å². The number of hydrogen-bond acceptors (Lipinski definition) is 3. The van der Waals surface area contributed by atoms with Crippen LogP contribution in [0.15, 0.2) is 36.4 Å². The van der Waals surface area contributed by atoms with E-state index < -0.39 is 0 Å². The summed E-state index contributed by atoms with van der Waals surface area (Å²) >= 11 is 0. The van der Waals surface area contributed by atoms with Gasteiger partial charge in [-0.3, -0.25) is 4.90 Å². The third-order valence-electron chi connectivity index (χ3n) is 4.88. The Morgan fingerprint density at radius 3 is 2.82 bits per heavy atom. The molecule has 3 nitrogen and oxygen atoms in total. The van der Waals surface area contributed by atoms with Crippen molar-refractivity contribution in [2.45, 2.75) is 38.1 Å². The third-order valence-corrected chi connectivity index (χ3v) is 4.88. The van der Waals surface area contributed by atoms with E-state index >= 15 is 0 Å². The van der Waals surface area contributed by atoms with Crippen molar-refractivity contribution in [3.05, 3.63) is 42.0 Å². The summed E-state index contributed by atoms with van der Waals surface area (Å²) in [5.74, 6) is 0.292. The van der Waals surface area contributed by atoms with Gasteiger partial charge in [0.05, 0.1) is 6.61 Å². The minimum absolute atomic E-state index is 0.225. The molecule has 0 aliphatic carbocycles. The number of piperidine rings is 2. The summed E-state index contributed by atoms with van der Waals surface area (Å²) in [6.45, 7) is 3.02. The van der Waals surface area contributed by atoms with Gasteiger partial charge in [0.2, 0.25) is 0 Å². The fourth-order valence-corrected chi connectivity index (χ4v) is 3.74. The summed E-state index contributed by atoms with van der Waals surface area (Å²) in [7, 11) is 0. The maximum absolute atomic E-state index is 11.9. The van der Waals surface area contributed by atoms with Crippen LogP contribution in [0.3, 0.4) is 0 Å². The first-order valence-corrected chi connectivity index (χ1v) is 8.47. The van der Waals surface area contributed by atoms with Crippen LogP contribution in [0.1, 0.15) is 37.7 Å². The number of carbonyl (C=O) groups excluding carboxylic acids is 1. The van der Waals surface area contributed by atoms with E-state index in [0.29, 0.717) is 18.6 Å². The largest absolute Gasteiger partial charge is 0.462 e. The van der Waals surface area contributed by atoms with Crippen molar-refractivity contribution in [1.29, 1.82) is 0 Å². The van der Waals surface area contributed by atoms with Crippen molar-refractivity contribution < 1.29 is 9.53 Å². The van der Waals surface area contributed by atoms with E-state index in [9.17, 15) is 4.79 Å². The molecule has 0 spiro atoms. The third kappa shape index (κ3) is 3.98. The minimum Gasteiger partial charge on any atom is -0.462 e. The molecule has 0 unspecified atom stereocenters. The van der Waals surface area contributed by atoms with E-state index in [1.54, 1.807) is 0 Å². The van der Waals surface area contributed by atoms with Gasteiger partial charge in [-0.25, -0.2) is 4.79 Å². The normalized spacial score (nSPS) is 25.8. The van der Waals surface area contributed by atoms with Crippen molar-refractivity contribution in [2.24, 2.45) is 5.92 Å². The smallest absolute Gasteiger partial charge is 0.330 e. The molecule has 2 saturated heterocycles. The van der Waals surface area contributed by atoms with Crippen molar-refractivity contribution in [3.63, 3.8) is 0 Å². The average molecular weight is 299 g/mol. The molecule has 0 radical (unpaired) electrons. The summed E-state index contributed by atoms with van der Waals surface area (Å²) < 4.78 is 5.50. The van der Waals surface area contributed by atoms with E-state index in [-0.39, 0.29) is 5.97 Å². The summed E-state index contributed by atoms with van der Waals surface area (Å²) in [5, 5.41) is 0. The second kappa shape index (κ2) is 7.59. The molecule has 0 bridgehead atoms. The number of fused-ring (bicyclic) bond motifs is 1. The standard InChI is InChI=1S/C19H25NO2/c21-19(12-11-16-7-2-1-3-8-16)22-15-17-9-6-14-20-13-5-4-10-18(17)20/h1-3,7-8,11-12,17-18H,4-6,9-10,13-15H2/b12-11+/t17-,18+/m0/s1. The van der Waals surface area contributed by atoms with Gasteiger partial charge < -0.3 is 4.74 Å². The lowest BCUT2D eigenvalue weighted by Crippen LogP contribution is -2.49. The van der Waals surface area contributed by atoms with Crippen LogP contribution in [-0.4, -0.2) is 36.6 Å². The van der Waals surface area contributed by atoms with Gasteiger partial charge in [0.1, 0.15) is 0 Å². The Morgan fingerprint density at radius 2 is 1.95 bits per heavy atom. The SMILES string of the molecule is O=C(/C=C/c1ccccc1)OC[C@@H]1CCCN2CCCC[C@H]12. The van der Waals surface area contributed by atoms with E-state index in [4.69, 9.17) is 4.74 Å². The predicted octanol–water partition coefficient (Wildman–Crippen LogP) is 3.51. The maximum Gasteiger partial charge on any atom is 0.330 e. The highest BCUT2D eigenvalue weighted by atomic mass is 16.5. The summed E-state index contributed by atoms with van der Waals surface area (Å²) in [6.07, 6.45) is 9.69. The first kappa shape index (κ1) is 15.3. The molecule has 3 heteroatoms. The Kier molecular flexibility index (Phi) is 5.28. The molecular formula is C19H25NO2. The second-order valence-electron chi connectivity index (χ2n) is 6.38. The van der Waals surface area contributed by atoms with Crippen LogP contribution in [0, 0.1) is 5.92 Å². The van der Waals surface area contributed by atoms with Crippen molar-refractivity contribution in [2.75, 3.05) is 19.7 Å². The van der Waals surface area contributed by atoms with Crippen LogP contribution in [0.2, 0.25) is 0 Å². The Morgan fingerprint density at radius 1 is 1.14 bits per heavy atom. The Bertz CT molecular complexity index is 509. The number of esters is 1. The Labute approximate surface area is 133 Å². The molecule has 0 amide bonds. The van der Waals surface area contributed by atoms with Gasteiger partial charge >= 0.3 is 5.97 Å². The van der Waals surface area contributed by atoms with Crippen LogP contribution in [0.5, 0.6) is 0 Å². The molecular weight excluding hydrogens is 274 g/mol. The van der Waals surface area contributed by atoms with Gasteiger partial charge in [-0.15, -0.1) is 0 Å². The summed E-state index contributed by atoms with van der Waals surface area (Å²) in [5.41, 5.74) is 1.02. The molecule has 118 valence electrons. The first-order valence-electron chi connectivity index (χ1n) is 8.47. The van der Waals surface area contributed by atoms with E-state index in [0.717, 1.165) is 5.56 Å². The lowest BCUT2D eigenvalue weighted by atomic mass is 9.84. The summed E-state index contributed by atoms with van der Waals surface area (Å²) in [6, 6.07) is 10.5. The maximum atomic E-state index is 11.9. The van der Waals surface area contributed by atoms with Gasteiger partial charge in [0.15, 0.2) is 0 Å². The van der Waals surface area contributed by atoms with Crippen molar-refractivity contribution >= 4 is 12.0 Å². The molecule has 3 rings (SSSR count). The minimum atomic E-state index is -0.225. The van der Waals surface area contributed by atoms with Crippen LogP contribution < -0.4 is 0 Å². The fraction of sp³-hybridized carbons (Fsp3) is 0.526. The molecule has 1 aromatic rings. The monoisotopic (exact) mass is 299 g/mol. The molecule has 2 fully saturated rings. The molecule has 0 N–H and O–H groups in total. The predicted molar refractivity (Wildman–Crippen MR) is 88.4 cm³/mol. The molecule has 2 aliphatic heterocycles. The lowest BCUT2D eigenvalue weighted by molar-refractivity contribution is -0.140. The molecule has 0 aromatic heterocycles. The highest BCUT2D eigenvalue weighted by Crippen LogP contribution is 2.30. The highest BCUT2D eigenvalue weighted by molar-refractivity contribution is 5.87. The van der Waals surface area contributed by atoms with Gasteiger partial charge in [0.25, 0.3) is 0 Å². The number of hydrogen-bond donors (Lipinski definition) is 0. The number of ether oxygens (including phenoxy) is 1. The Hall–Kier alpha value is -1.61. The van der Waals surface area contributed by atoms with Gasteiger partial charge in [-0.05, 0) is 50.4 Å². The van der Waals surface area contributed by atoms with Crippen LogP contribution in [-0.2, 0) is 9.53 Å². The van der Waals surface area contributed by atoms with Crippen LogP contribution in [0.4, 0.5) is 0 Å². The fourth-order valence-electron chi connectivity index (χ4n) is 3.74. The number of carbonyl (C=O) groups is 1. The van der Waals surface area contributed by atoms with Gasteiger partial charge in [-0.1, -0.05) is 36.8 Å². The Balaban J connectivity index is 1.49. The molecule has 2 atom stereocenters. The topological polar surface area (TPSA) is 29.5 Å². The summed E-state index contributed by atoms with van der Waals surface area (Å²) in [4.78, 5) is 14.5. The van der Waals surface area contributed by atoms with Crippen LogP contribution in [0.25, 0.3) is 6.08 Å². The zero-order valence-electron chi connectivity index (χ0n) is 13.1.